The van der Waals surface area contributed by atoms with E-state index in [1.165, 1.54) is 17.7 Å². The fourth-order valence-corrected chi connectivity index (χ4v) is 7.91. The molecule has 2 aromatic heterocycles. The lowest BCUT2D eigenvalue weighted by molar-refractivity contribution is -0.126. The molecule has 5 aromatic rings. The summed E-state index contributed by atoms with van der Waals surface area (Å²) < 4.78 is 31.1. The van der Waals surface area contributed by atoms with Crippen LogP contribution < -0.4 is 10.6 Å². The van der Waals surface area contributed by atoms with Gasteiger partial charge in [-0.1, -0.05) is 54.1 Å². The highest BCUT2D eigenvalue weighted by atomic mass is 35.5. The first-order valence-corrected chi connectivity index (χ1v) is 21.9. The third-order valence-electron chi connectivity index (χ3n) is 11.1. The number of fused-ring (bicyclic) bond motifs is 1. The number of aryl methyl sites for hydroxylation is 1. The second-order valence-corrected chi connectivity index (χ2v) is 16.1. The van der Waals surface area contributed by atoms with Crippen molar-refractivity contribution in [2.75, 3.05) is 91.8 Å². The lowest BCUT2D eigenvalue weighted by Gasteiger charge is -2.34. The zero-order valence-electron chi connectivity index (χ0n) is 36.1. The normalized spacial score (nSPS) is 14.0. The summed E-state index contributed by atoms with van der Waals surface area (Å²) in [5.41, 5.74) is 7.03. The van der Waals surface area contributed by atoms with E-state index >= 15 is 0 Å². The van der Waals surface area contributed by atoms with Gasteiger partial charge in [0.15, 0.2) is 0 Å². The number of nitrogens with zero attached hydrogens (tertiary/aromatic N) is 5. The molecule has 3 heterocycles. The molecule has 6 rings (SSSR count). The number of hydrogen-bond donors (Lipinski definition) is 3. The Bertz CT molecular complexity index is 2220. The number of carbonyl (C=O) groups is 3. The average molecular weight is 885 g/mol. The fourth-order valence-electron chi connectivity index (χ4n) is 7.68. The van der Waals surface area contributed by atoms with Crippen LogP contribution in [0.25, 0.3) is 22.2 Å². The van der Waals surface area contributed by atoms with Crippen molar-refractivity contribution >= 4 is 52.7 Å². The first kappa shape index (κ1) is 47.4. The van der Waals surface area contributed by atoms with E-state index in [9.17, 15) is 18.8 Å². The molecule has 0 aliphatic carbocycles. The summed E-state index contributed by atoms with van der Waals surface area (Å²) in [4.78, 5) is 54.1. The van der Waals surface area contributed by atoms with Gasteiger partial charge in [-0.3, -0.25) is 24.3 Å². The van der Waals surface area contributed by atoms with E-state index in [1.807, 2.05) is 36.3 Å². The van der Waals surface area contributed by atoms with Gasteiger partial charge < -0.3 is 34.6 Å². The van der Waals surface area contributed by atoms with Crippen molar-refractivity contribution in [2.45, 2.75) is 44.8 Å². The van der Waals surface area contributed by atoms with Crippen LogP contribution in [-0.2, 0) is 43.3 Å². The van der Waals surface area contributed by atoms with Crippen molar-refractivity contribution in [1.82, 2.24) is 35.0 Å². The zero-order chi connectivity index (χ0) is 44.4. The lowest BCUT2D eigenvalue weighted by Crippen LogP contribution is -2.46. The van der Waals surface area contributed by atoms with Gasteiger partial charge >= 0.3 is 0 Å². The van der Waals surface area contributed by atoms with Crippen LogP contribution in [0.2, 0.25) is 5.02 Å². The molecular weight excluding hydrogens is 827 g/mol. The molecular formula is C47H58ClFN8O6. The number of rotatable bonds is 26. The largest absolute Gasteiger partial charge is 0.379 e. The zero-order valence-corrected chi connectivity index (χ0v) is 36.9. The molecule has 1 amide bonds. The molecule has 14 nitrogen and oxygen atoms in total. The number of H-pyrrole nitrogens is 1. The molecule has 1 fully saturated rings. The van der Waals surface area contributed by atoms with Crippen molar-refractivity contribution < 1.29 is 33.0 Å². The number of nitrogens with one attached hydrogen (secondary N) is 3. The Kier molecular flexibility index (Phi) is 18.5. The van der Waals surface area contributed by atoms with Crippen molar-refractivity contribution in [2.24, 2.45) is 0 Å². The van der Waals surface area contributed by atoms with Gasteiger partial charge in [0.2, 0.25) is 11.9 Å². The molecule has 1 unspecified atom stereocenters. The van der Waals surface area contributed by atoms with Crippen molar-refractivity contribution in [3.05, 3.63) is 106 Å². The summed E-state index contributed by atoms with van der Waals surface area (Å²) in [6.45, 7) is 9.53. The number of aromatic nitrogens is 3. The molecule has 0 radical (unpaired) electrons. The molecule has 1 saturated heterocycles. The predicted molar refractivity (Wildman–Crippen MR) is 243 cm³/mol. The van der Waals surface area contributed by atoms with Gasteiger partial charge in [-0.05, 0) is 66.8 Å². The molecule has 336 valence electrons. The fraction of sp³-hybridized carbons (Fsp3) is 0.426. The topological polar surface area (TPSA) is 154 Å². The molecule has 0 saturated carbocycles. The third-order valence-corrected chi connectivity index (χ3v) is 11.3. The molecule has 0 bridgehead atoms. The van der Waals surface area contributed by atoms with E-state index in [1.54, 1.807) is 19.3 Å². The molecule has 3 aromatic carbocycles. The Morgan fingerprint density at radius 2 is 1.65 bits per heavy atom. The Balaban J connectivity index is 0.795. The van der Waals surface area contributed by atoms with Crippen molar-refractivity contribution in [3.63, 3.8) is 0 Å². The van der Waals surface area contributed by atoms with Crippen molar-refractivity contribution in [1.29, 1.82) is 0 Å². The quantitative estimate of drug-likeness (QED) is 0.0422. The highest BCUT2D eigenvalue weighted by Gasteiger charge is 2.23. The molecule has 3 N–H and O–H groups in total. The number of anilines is 2. The molecule has 0 spiro atoms. The second-order valence-electron chi connectivity index (χ2n) is 15.6. The first-order valence-electron chi connectivity index (χ1n) is 21.5. The van der Waals surface area contributed by atoms with Crippen LogP contribution in [0, 0.1) is 5.82 Å². The van der Waals surface area contributed by atoms with E-state index in [0.29, 0.717) is 80.5 Å². The standard InChI is InChI=1S/C47H58ClFN8O6/c1-50-46(60)44(6-3-18-58)55(2)32-38-25-34(7-12-37(38)33-59)5-4-19-61-21-23-63-24-22-62-20-17-56-13-15-57(16-14-56)31-35-8-10-36(11-9-35)42-29-51-45-43(42)30-52-47(54-45)53-41-27-39(48)26-40(49)28-41/h7-12,18,25-30,33,44H,3-6,13-17,19-24,31-32H2,1-2H3,(H,50,60)(H2,51,52,53,54). The number of amides is 1. The molecule has 63 heavy (non-hydrogen) atoms. The van der Waals surface area contributed by atoms with Crippen LogP contribution in [0.3, 0.4) is 0 Å². The predicted octanol–water partition coefficient (Wildman–Crippen LogP) is 6.30. The summed E-state index contributed by atoms with van der Waals surface area (Å²) in [5.74, 6) is -0.246. The molecule has 1 aliphatic heterocycles. The van der Waals surface area contributed by atoms with E-state index in [0.717, 1.165) is 92.3 Å². The minimum absolute atomic E-state index is 0.153. The van der Waals surface area contributed by atoms with Crippen LogP contribution in [-0.4, -0.2) is 141 Å². The van der Waals surface area contributed by atoms with Gasteiger partial charge in [0, 0.05) is 106 Å². The average Bonchev–Trinajstić information content (AvgIpc) is 3.70. The van der Waals surface area contributed by atoms with Crippen LogP contribution in [0.15, 0.2) is 73.1 Å². The molecule has 1 aliphatic rings. The van der Waals surface area contributed by atoms with Gasteiger partial charge in [0.25, 0.3) is 0 Å². The minimum Gasteiger partial charge on any atom is -0.379 e. The van der Waals surface area contributed by atoms with E-state index in [2.05, 4.69) is 59.7 Å². The Morgan fingerprint density at radius 3 is 2.37 bits per heavy atom. The Hall–Kier alpha value is -5.13. The second kappa shape index (κ2) is 24.6. The number of likely N-dealkylation sites (N-methyl/N-ethyl adjacent to an activating group) is 2. The van der Waals surface area contributed by atoms with Gasteiger partial charge in [-0.25, -0.2) is 9.37 Å². The maximum atomic E-state index is 13.8. The van der Waals surface area contributed by atoms with Crippen molar-refractivity contribution in [3.8, 4) is 11.1 Å². The highest BCUT2D eigenvalue weighted by Crippen LogP contribution is 2.29. The van der Waals surface area contributed by atoms with E-state index < -0.39 is 11.9 Å². The number of aromatic amines is 1. The number of benzene rings is 3. The monoisotopic (exact) mass is 884 g/mol. The van der Waals surface area contributed by atoms with Crippen LogP contribution >= 0.6 is 11.6 Å². The number of carbonyl (C=O) groups excluding carboxylic acids is 3. The number of hydrogen-bond acceptors (Lipinski definition) is 12. The molecule has 1 atom stereocenters. The summed E-state index contributed by atoms with van der Waals surface area (Å²) in [7, 11) is 3.41. The number of aldehydes is 2. The van der Waals surface area contributed by atoms with Crippen LogP contribution in [0.1, 0.15) is 46.3 Å². The van der Waals surface area contributed by atoms with Gasteiger partial charge in [0.1, 0.15) is 24.0 Å². The Labute approximate surface area is 373 Å². The van der Waals surface area contributed by atoms with Crippen LogP contribution in [0.4, 0.5) is 16.0 Å². The summed E-state index contributed by atoms with van der Waals surface area (Å²) in [5, 5.41) is 6.87. The third kappa shape index (κ3) is 14.4. The highest BCUT2D eigenvalue weighted by molar-refractivity contribution is 6.30. The van der Waals surface area contributed by atoms with E-state index in [-0.39, 0.29) is 12.3 Å². The van der Waals surface area contributed by atoms with Gasteiger partial charge in [0.05, 0.1) is 39.1 Å². The lowest BCUT2D eigenvalue weighted by atomic mass is 10.0. The summed E-state index contributed by atoms with van der Waals surface area (Å²) >= 11 is 5.98. The van der Waals surface area contributed by atoms with Gasteiger partial charge in [-0.2, -0.15) is 4.98 Å². The smallest absolute Gasteiger partial charge is 0.237 e. The summed E-state index contributed by atoms with van der Waals surface area (Å²) in [6, 6.07) is 18.2. The molecule has 16 heteroatoms. The minimum atomic E-state index is -0.460. The van der Waals surface area contributed by atoms with E-state index in [4.69, 9.17) is 25.8 Å². The number of ether oxygens (including phenoxy) is 3. The maximum Gasteiger partial charge on any atom is 0.237 e. The summed E-state index contributed by atoms with van der Waals surface area (Å²) in [6.07, 6.45) is 7.67. The Morgan fingerprint density at radius 1 is 0.937 bits per heavy atom. The van der Waals surface area contributed by atoms with Crippen LogP contribution in [0.5, 0.6) is 0 Å². The van der Waals surface area contributed by atoms with Gasteiger partial charge in [-0.15, -0.1) is 0 Å². The number of halogens is 2. The number of piperazine rings is 1. The SMILES string of the molecule is CNC(=O)C(CCC=O)N(C)Cc1cc(CCCOCCOCCOCCN2CCN(Cc3ccc(-c4c[nH]c5nc(Nc6cc(F)cc(Cl)c6)ncc45)cc3)CC2)ccc1C=O. The maximum absolute atomic E-state index is 13.8. The first-order chi connectivity index (χ1) is 30.7.